The van der Waals surface area contributed by atoms with E-state index in [1.54, 1.807) is 7.11 Å². The molecule has 4 nitrogen and oxygen atoms in total. The molecule has 0 aromatic heterocycles. The van der Waals surface area contributed by atoms with Crippen molar-refractivity contribution in [2.75, 3.05) is 27.4 Å². The molecule has 2 aliphatic rings. The first kappa shape index (κ1) is 24.7. The third-order valence-electron chi connectivity index (χ3n) is 8.80. The number of likely N-dealkylation sites (N-methyl/N-ethyl adjacent to an activating group) is 1. The number of hydrogen-bond acceptors (Lipinski definition) is 4. The molecule has 2 aromatic rings. The van der Waals surface area contributed by atoms with Crippen molar-refractivity contribution < 1.29 is 14.6 Å². The summed E-state index contributed by atoms with van der Waals surface area (Å²) in [5.41, 5.74) is 0.301. The minimum absolute atomic E-state index is 0.134. The summed E-state index contributed by atoms with van der Waals surface area (Å²) < 4.78 is 11.7. The van der Waals surface area contributed by atoms with Gasteiger partial charge in [0.15, 0.2) is 0 Å². The Morgan fingerprint density at radius 1 is 1.06 bits per heavy atom. The lowest BCUT2D eigenvalue weighted by Crippen LogP contribution is -2.66. The number of methoxy groups -OCH3 is 1. The number of fused-ring (bicyclic) bond motifs is 3. The van der Waals surface area contributed by atoms with Gasteiger partial charge in [0.1, 0.15) is 0 Å². The molecule has 0 aliphatic carbocycles. The second kappa shape index (κ2) is 10.4. The van der Waals surface area contributed by atoms with Crippen molar-refractivity contribution >= 4 is 10.8 Å². The van der Waals surface area contributed by atoms with E-state index in [0.29, 0.717) is 19.3 Å². The minimum atomic E-state index is -0.753. The number of hydrogen-bond donors (Lipinski definition) is 1. The summed E-state index contributed by atoms with van der Waals surface area (Å²) in [6.45, 7) is 5.64. The van der Waals surface area contributed by atoms with E-state index in [-0.39, 0.29) is 17.6 Å². The van der Waals surface area contributed by atoms with Gasteiger partial charge in [-0.25, -0.2) is 0 Å². The Bertz CT molecular complexity index is 911. The molecule has 2 saturated heterocycles. The Balaban J connectivity index is 1.80. The van der Waals surface area contributed by atoms with Crippen molar-refractivity contribution in [1.29, 1.82) is 0 Å². The zero-order valence-electron chi connectivity index (χ0n) is 21.1. The summed E-state index contributed by atoms with van der Waals surface area (Å²) in [5, 5.41) is 15.1. The highest BCUT2D eigenvalue weighted by molar-refractivity contribution is 5.86. The van der Waals surface area contributed by atoms with Crippen LogP contribution in [-0.4, -0.2) is 60.7 Å². The van der Waals surface area contributed by atoms with Crippen LogP contribution in [0.15, 0.2) is 42.5 Å². The molecule has 0 radical (unpaired) electrons. The van der Waals surface area contributed by atoms with E-state index >= 15 is 0 Å². The molecule has 2 heterocycles. The molecule has 4 rings (SSSR count). The molecule has 33 heavy (non-hydrogen) atoms. The van der Waals surface area contributed by atoms with Gasteiger partial charge in [-0.15, -0.1) is 0 Å². The lowest BCUT2D eigenvalue weighted by molar-refractivity contribution is -0.132. The van der Waals surface area contributed by atoms with Crippen LogP contribution in [0.2, 0.25) is 0 Å². The molecule has 4 heteroatoms. The van der Waals surface area contributed by atoms with E-state index in [9.17, 15) is 5.11 Å². The monoisotopic (exact) mass is 453 g/mol. The Kier molecular flexibility index (Phi) is 7.80. The average Bonchev–Trinajstić information content (AvgIpc) is 3.00. The topological polar surface area (TPSA) is 41.9 Å². The average molecular weight is 454 g/mol. The fourth-order valence-corrected chi connectivity index (χ4v) is 7.11. The lowest BCUT2D eigenvalue weighted by Gasteiger charge is -2.57. The van der Waals surface area contributed by atoms with Gasteiger partial charge in [-0.1, -0.05) is 75.6 Å². The van der Waals surface area contributed by atoms with Crippen molar-refractivity contribution in [1.82, 2.24) is 4.90 Å². The van der Waals surface area contributed by atoms with Crippen LogP contribution >= 0.6 is 0 Å². The van der Waals surface area contributed by atoms with Gasteiger partial charge in [0, 0.05) is 19.1 Å². The van der Waals surface area contributed by atoms with Crippen LogP contribution in [0.5, 0.6) is 0 Å². The third kappa shape index (κ3) is 4.25. The predicted molar refractivity (Wildman–Crippen MR) is 136 cm³/mol. The van der Waals surface area contributed by atoms with Crippen LogP contribution in [0.25, 0.3) is 10.8 Å². The zero-order valence-corrected chi connectivity index (χ0v) is 21.1. The molecule has 2 bridgehead atoms. The number of unbranched alkanes of at least 4 members (excludes halogenated alkanes) is 2. The first-order valence-corrected chi connectivity index (χ1v) is 13.1. The highest BCUT2D eigenvalue weighted by atomic mass is 16.5. The number of benzene rings is 2. The minimum Gasteiger partial charge on any atom is -0.388 e. The van der Waals surface area contributed by atoms with Gasteiger partial charge in [0.05, 0.1) is 30.5 Å². The predicted octanol–water partition coefficient (Wildman–Crippen LogP) is 5.91. The molecule has 0 amide bonds. The maximum absolute atomic E-state index is 12.5. The van der Waals surface area contributed by atoms with Crippen molar-refractivity contribution in [3.63, 3.8) is 0 Å². The largest absolute Gasteiger partial charge is 0.388 e. The summed E-state index contributed by atoms with van der Waals surface area (Å²) in [5.74, 6) is 0.271. The van der Waals surface area contributed by atoms with Gasteiger partial charge >= 0.3 is 0 Å². The maximum Gasteiger partial charge on any atom is 0.0834 e. The van der Waals surface area contributed by atoms with Crippen molar-refractivity contribution in [2.24, 2.45) is 0 Å². The highest BCUT2D eigenvalue weighted by Gasteiger charge is 2.65. The molecular weight excluding hydrogens is 410 g/mol. The Morgan fingerprint density at radius 2 is 1.85 bits per heavy atom. The van der Waals surface area contributed by atoms with Gasteiger partial charge in [0.25, 0.3) is 0 Å². The number of nitrogens with zero attached hydrogens (tertiary/aromatic N) is 1. The Hall–Kier alpha value is -1.46. The van der Waals surface area contributed by atoms with Gasteiger partial charge in [-0.05, 0) is 55.5 Å². The summed E-state index contributed by atoms with van der Waals surface area (Å²) >= 11 is 0. The van der Waals surface area contributed by atoms with Gasteiger partial charge < -0.3 is 14.6 Å². The van der Waals surface area contributed by atoms with E-state index < -0.39 is 5.60 Å². The molecular formula is C29H43NO3. The molecule has 0 saturated carbocycles. The third-order valence-corrected chi connectivity index (χ3v) is 8.80. The SMILES string of the molecule is CCCCCC(O)(CC)C12CC(OCCOC)C(CCC1c1cccc3ccccc13)N2C. The van der Waals surface area contributed by atoms with Crippen LogP contribution < -0.4 is 0 Å². The standard InChI is InChI=1S/C29H43NO3/c1-5-7-10-18-28(31,6-2)29-21-27(33-20-19-32-4)26(30(29)3)17-16-25(29)24-15-11-13-22-12-8-9-14-23(22)24/h8-9,11-15,25-27,31H,5-7,10,16-21H2,1-4H3. The summed E-state index contributed by atoms with van der Waals surface area (Å²) in [6.07, 6.45) is 8.20. The molecule has 0 spiro atoms. The molecule has 2 aliphatic heterocycles. The normalized spacial score (nSPS) is 29.4. The molecule has 182 valence electrons. The molecule has 5 unspecified atom stereocenters. The first-order chi connectivity index (χ1) is 16.0. The van der Waals surface area contributed by atoms with Crippen LogP contribution in [0.4, 0.5) is 0 Å². The number of aliphatic hydroxyl groups is 1. The van der Waals surface area contributed by atoms with E-state index in [1.165, 1.54) is 22.8 Å². The van der Waals surface area contributed by atoms with Gasteiger partial charge in [0.2, 0.25) is 0 Å². The molecule has 1 N–H and O–H groups in total. The maximum atomic E-state index is 12.5. The number of ether oxygens (including phenoxy) is 2. The number of piperidine rings is 1. The first-order valence-electron chi connectivity index (χ1n) is 13.1. The van der Waals surface area contributed by atoms with E-state index in [1.807, 2.05) is 0 Å². The second-order valence-electron chi connectivity index (χ2n) is 10.2. The Morgan fingerprint density at radius 3 is 2.61 bits per heavy atom. The summed E-state index contributed by atoms with van der Waals surface area (Å²) in [6, 6.07) is 15.8. The highest BCUT2D eigenvalue weighted by Crippen LogP contribution is 2.59. The fraction of sp³-hybridized carbons (Fsp3) is 0.655. The fourth-order valence-electron chi connectivity index (χ4n) is 7.11. The smallest absolute Gasteiger partial charge is 0.0834 e. The van der Waals surface area contributed by atoms with E-state index in [2.05, 4.69) is 68.3 Å². The quantitative estimate of drug-likeness (QED) is 0.429. The van der Waals surface area contributed by atoms with Crippen molar-refractivity contribution in [2.45, 2.75) is 94.4 Å². The zero-order chi connectivity index (χ0) is 23.5. The molecule has 2 fully saturated rings. The Labute approximate surface area is 200 Å². The van der Waals surface area contributed by atoms with Crippen LogP contribution in [0.3, 0.4) is 0 Å². The van der Waals surface area contributed by atoms with E-state index in [4.69, 9.17) is 9.47 Å². The van der Waals surface area contributed by atoms with Gasteiger partial charge in [-0.3, -0.25) is 4.90 Å². The second-order valence-corrected chi connectivity index (χ2v) is 10.2. The van der Waals surface area contributed by atoms with Gasteiger partial charge in [-0.2, -0.15) is 0 Å². The van der Waals surface area contributed by atoms with E-state index in [0.717, 1.165) is 44.9 Å². The van der Waals surface area contributed by atoms with Crippen LogP contribution in [-0.2, 0) is 9.47 Å². The lowest BCUT2D eigenvalue weighted by atomic mass is 9.61. The van der Waals surface area contributed by atoms with Crippen molar-refractivity contribution in [3.05, 3.63) is 48.0 Å². The molecule has 5 atom stereocenters. The number of rotatable bonds is 11. The summed E-state index contributed by atoms with van der Waals surface area (Å²) in [7, 11) is 3.98. The van der Waals surface area contributed by atoms with Crippen LogP contribution in [0.1, 0.15) is 76.7 Å². The van der Waals surface area contributed by atoms with Crippen molar-refractivity contribution in [3.8, 4) is 0 Å². The molecule has 2 aromatic carbocycles. The summed E-state index contributed by atoms with van der Waals surface area (Å²) in [4.78, 5) is 2.54. The van der Waals surface area contributed by atoms with Crippen LogP contribution in [0, 0.1) is 0 Å².